The topological polar surface area (TPSA) is 66.3 Å². The van der Waals surface area contributed by atoms with Gasteiger partial charge in [-0.1, -0.05) is 30.3 Å². The van der Waals surface area contributed by atoms with E-state index in [0.717, 1.165) is 40.0 Å². The highest BCUT2D eigenvalue weighted by Crippen LogP contribution is 2.34. The van der Waals surface area contributed by atoms with Crippen molar-refractivity contribution in [1.29, 1.82) is 0 Å². The number of amides is 1. The predicted molar refractivity (Wildman–Crippen MR) is 130 cm³/mol. The fourth-order valence-electron chi connectivity index (χ4n) is 4.31. The lowest BCUT2D eigenvalue weighted by Gasteiger charge is -2.28. The van der Waals surface area contributed by atoms with E-state index >= 15 is 0 Å². The first kappa shape index (κ1) is 20.8. The second-order valence-corrected chi connectivity index (χ2v) is 8.31. The summed E-state index contributed by atoms with van der Waals surface area (Å²) in [6, 6.07) is 21.6. The normalized spacial score (nSPS) is 15.8. The summed E-state index contributed by atoms with van der Waals surface area (Å²) < 4.78 is 2.04. The molecule has 7 heteroatoms. The van der Waals surface area contributed by atoms with Crippen LogP contribution in [0.5, 0.6) is 0 Å². The van der Waals surface area contributed by atoms with E-state index in [1.165, 1.54) is 0 Å². The molecule has 166 valence electrons. The Morgan fingerprint density at radius 2 is 1.73 bits per heavy atom. The van der Waals surface area contributed by atoms with Crippen LogP contribution in [0.1, 0.15) is 23.0 Å². The fraction of sp³-hybridized carbons (Fsp3) is 0.192. The van der Waals surface area contributed by atoms with Gasteiger partial charge in [0.25, 0.3) is 0 Å². The Morgan fingerprint density at radius 3 is 2.42 bits per heavy atom. The predicted octanol–water partition coefficient (Wildman–Crippen LogP) is 4.47. The smallest absolute Gasteiger partial charge is 0.250 e. The van der Waals surface area contributed by atoms with Gasteiger partial charge in [-0.25, -0.2) is 9.97 Å². The third-order valence-corrected chi connectivity index (χ3v) is 6.05. The van der Waals surface area contributed by atoms with Gasteiger partial charge < -0.3 is 19.7 Å². The lowest BCUT2D eigenvalue weighted by atomic mass is 10.0. The zero-order valence-electron chi connectivity index (χ0n) is 18.9. The third kappa shape index (κ3) is 3.93. The second kappa shape index (κ2) is 8.43. The largest absolute Gasteiger partial charge is 0.343 e. The summed E-state index contributed by atoms with van der Waals surface area (Å²) in [6.07, 6.45) is 3.74. The summed E-state index contributed by atoms with van der Waals surface area (Å²) in [5, 5.41) is 3.40. The molecule has 7 nitrogen and oxygen atoms in total. The summed E-state index contributed by atoms with van der Waals surface area (Å²) in [5.74, 6) is 2.54. The molecule has 0 fully saturated rings. The van der Waals surface area contributed by atoms with E-state index in [1.54, 1.807) is 11.1 Å². The van der Waals surface area contributed by atoms with E-state index in [0.29, 0.717) is 6.54 Å². The number of pyridine rings is 1. The van der Waals surface area contributed by atoms with Gasteiger partial charge in [-0.05, 0) is 48.9 Å². The number of aryl methyl sites for hydroxylation is 1. The van der Waals surface area contributed by atoms with Crippen LogP contribution in [0.2, 0.25) is 0 Å². The van der Waals surface area contributed by atoms with E-state index in [4.69, 9.17) is 4.98 Å². The number of nitrogens with zero attached hydrogens (tertiary/aromatic N) is 5. The van der Waals surface area contributed by atoms with E-state index in [9.17, 15) is 4.79 Å². The minimum atomic E-state index is -0.419. The van der Waals surface area contributed by atoms with Crippen molar-refractivity contribution >= 4 is 23.2 Å². The van der Waals surface area contributed by atoms with Crippen LogP contribution in [0.15, 0.2) is 79.1 Å². The minimum Gasteiger partial charge on any atom is -0.343 e. The lowest BCUT2D eigenvalue weighted by molar-refractivity contribution is -0.131. The number of aromatic nitrogens is 3. The molecule has 0 aliphatic carbocycles. The van der Waals surface area contributed by atoms with Crippen LogP contribution >= 0.6 is 0 Å². The van der Waals surface area contributed by atoms with Crippen LogP contribution in [-0.4, -0.2) is 39.4 Å². The molecule has 1 amide bonds. The molecule has 3 heterocycles. The van der Waals surface area contributed by atoms with Crippen molar-refractivity contribution in [2.24, 2.45) is 0 Å². The van der Waals surface area contributed by atoms with Gasteiger partial charge in [-0.3, -0.25) is 4.79 Å². The van der Waals surface area contributed by atoms with Gasteiger partial charge in [-0.15, -0.1) is 0 Å². The number of nitrogens with one attached hydrogen (secondary N) is 1. The Kier molecular flexibility index (Phi) is 5.30. The number of carbonyl (C=O) groups excluding carboxylic acids is 1. The number of hydrogen-bond acceptors (Lipinski definition) is 5. The van der Waals surface area contributed by atoms with Crippen molar-refractivity contribution in [3.63, 3.8) is 0 Å². The maximum Gasteiger partial charge on any atom is 0.250 e. The standard InChI is InChI=1S/C26H26N6O/c1-18-27-15-16-32(18)22-12-10-21(11-13-22)28-23-14-9-20-17-30(2)26(33)24(31(3)25(20)29-23)19-7-5-4-6-8-19/h4-16,24H,17H2,1-3H3,(H,28,29). The van der Waals surface area contributed by atoms with Crippen molar-refractivity contribution in [2.75, 3.05) is 24.3 Å². The zero-order chi connectivity index (χ0) is 22.9. The Balaban J connectivity index is 1.44. The Hall–Kier alpha value is -4.13. The molecule has 0 radical (unpaired) electrons. The van der Waals surface area contributed by atoms with Gasteiger partial charge in [0.05, 0.1) is 0 Å². The molecule has 0 bridgehead atoms. The van der Waals surface area contributed by atoms with E-state index in [2.05, 4.69) is 10.3 Å². The molecule has 1 aliphatic heterocycles. The molecule has 1 atom stereocenters. The molecule has 0 saturated heterocycles. The average Bonchev–Trinajstić information content (AvgIpc) is 3.23. The maximum atomic E-state index is 13.2. The lowest BCUT2D eigenvalue weighted by Crippen LogP contribution is -2.37. The number of benzene rings is 2. The van der Waals surface area contributed by atoms with Gasteiger partial charge in [0.2, 0.25) is 5.91 Å². The molecule has 4 aromatic rings. The number of anilines is 3. The molecule has 2 aromatic heterocycles. The van der Waals surface area contributed by atoms with Crippen LogP contribution < -0.4 is 10.2 Å². The monoisotopic (exact) mass is 438 g/mol. The maximum absolute atomic E-state index is 13.2. The van der Waals surface area contributed by atoms with Crippen molar-refractivity contribution < 1.29 is 4.79 Å². The first-order valence-electron chi connectivity index (χ1n) is 10.9. The third-order valence-electron chi connectivity index (χ3n) is 6.05. The summed E-state index contributed by atoms with van der Waals surface area (Å²) in [7, 11) is 3.78. The number of rotatable bonds is 4. The Bertz CT molecular complexity index is 1280. The minimum absolute atomic E-state index is 0.0570. The van der Waals surface area contributed by atoms with Crippen LogP contribution in [0, 0.1) is 6.92 Å². The second-order valence-electron chi connectivity index (χ2n) is 8.31. The van der Waals surface area contributed by atoms with Crippen molar-refractivity contribution in [2.45, 2.75) is 19.5 Å². The number of carbonyl (C=O) groups is 1. The highest BCUT2D eigenvalue weighted by atomic mass is 16.2. The highest BCUT2D eigenvalue weighted by molar-refractivity contribution is 5.87. The molecule has 1 N–H and O–H groups in total. The summed E-state index contributed by atoms with van der Waals surface area (Å²) in [6.45, 7) is 2.50. The molecule has 1 aliphatic rings. The Morgan fingerprint density at radius 1 is 0.970 bits per heavy atom. The van der Waals surface area contributed by atoms with Crippen LogP contribution in [0.25, 0.3) is 5.69 Å². The zero-order valence-corrected chi connectivity index (χ0v) is 18.9. The number of hydrogen-bond donors (Lipinski definition) is 1. The first-order chi connectivity index (χ1) is 16.0. The molecule has 0 saturated carbocycles. The summed E-state index contributed by atoms with van der Waals surface area (Å²) in [4.78, 5) is 26.1. The van der Waals surface area contributed by atoms with Gasteiger partial charge in [0, 0.05) is 50.0 Å². The van der Waals surface area contributed by atoms with Crippen molar-refractivity contribution in [3.8, 4) is 5.69 Å². The van der Waals surface area contributed by atoms with Gasteiger partial charge in [0.1, 0.15) is 23.5 Å². The highest BCUT2D eigenvalue weighted by Gasteiger charge is 2.33. The molecule has 1 unspecified atom stereocenters. The molecule has 33 heavy (non-hydrogen) atoms. The number of likely N-dealkylation sites (N-methyl/N-ethyl adjacent to an activating group) is 2. The van der Waals surface area contributed by atoms with E-state index < -0.39 is 6.04 Å². The molecule has 2 aromatic carbocycles. The van der Waals surface area contributed by atoms with Gasteiger partial charge in [0.15, 0.2) is 0 Å². The fourth-order valence-corrected chi connectivity index (χ4v) is 4.31. The summed E-state index contributed by atoms with van der Waals surface area (Å²) in [5.41, 5.74) is 3.96. The van der Waals surface area contributed by atoms with Crippen molar-refractivity contribution in [1.82, 2.24) is 19.4 Å². The van der Waals surface area contributed by atoms with E-state index in [1.807, 2.05) is 103 Å². The first-order valence-corrected chi connectivity index (χ1v) is 10.9. The quantitative estimate of drug-likeness (QED) is 0.509. The molecule has 5 rings (SSSR count). The molecular formula is C26H26N6O. The van der Waals surface area contributed by atoms with Crippen LogP contribution in [0.4, 0.5) is 17.3 Å². The van der Waals surface area contributed by atoms with Crippen LogP contribution in [0.3, 0.4) is 0 Å². The molecule has 0 spiro atoms. The number of imidazole rings is 1. The van der Waals surface area contributed by atoms with Gasteiger partial charge in [-0.2, -0.15) is 0 Å². The van der Waals surface area contributed by atoms with Crippen LogP contribution in [-0.2, 0) is 11.3 Å². The Labute approximate surface area is 193 Å². The summed E-state index contributed by atoms with van der Waals surface area (Å²) >= 11 is 0. The SMILES string of the molecule is Cc1nccn1-c1ccc(Nc2ccc3c(n2)N(C)C(c2ccccc2)C(=O)N(C)C3)cc1. The average molecular weight is 439 g/mol. The van der Waals surface area contributed by atoms with Gasteiger partial charge >= 0.3 is 0 Å². The molecular weight excluding hydrogens is 412 g/mol. The van der Waals surface area contributed by atoms with Crippen molar-refractivity contribution in [3.05, 3.63) is 96.1 Å². The van der Waals surface area contributed by atoms with E-state index in [-0.39, 0.29) is 5.91 Å². The number of fused-ring (bicyclic) bond motifs is 1.